The average molecular weight is 457 g/mol. The fourth-order valence-electron chi connectivity index (χ4n) is 3.21. The summed E-state index contributed by atoms with van der Waals surface area (Å²) in [6.45, 7) is 3.73. The Morgan fingerprint density at radius 1 is 1.14 bits per heavy atom. The molecule has 1 aliphatic rings. The molecule has 6 nitrogen and oxygen atoms in total. The Balaban J connectivity index is 1.78. The predicted molar refractivity (Wildman–Crippen MR) is 114 cm³/mol. The van der Waals surface area contributed by atoms with E-state index in [-0.39, 0.29) is 27.5 Å². The second-order valence-corrected chi connectivity index (χ2v) is 9.20. The number of nitrogens with zero attached hydrogens (tertiary/aromatic N) is 1. The number of halogens is 2. The van der Waals surface area contributed by atoms with Crippen molar-refractivity contribution < 1.29 is 17.9 Å². The smallest absolute Gasteiger partial charge is 0.263 e. The second kappa shape index (κ2) is 9.34. The van der Waals surface area contributed by atoms with Gasteiger partial charge < -0.3 is 9.64 Å². The first-order valence-corrected chi connectivity index (χ1v) is 11.5. The molecule has 0 radical (unpaired) electrons. The molecule has 0 atom stereocenters. The van der Waals surface area contributed by atoms with Crippen molar-refractivity contribution in [2.24, 2.45) is 0 Å². The number of carbonyl (C=O) groups is 1. The lowest BCUT2D eigenvalue weighted by atomic mass is 10.1. The number of carbonyl (C=O) groups excluding carboxylic acids is 1. The van der Waals surface area contributed by atoms with Gasteiger partial charge in [0.1, 0.15) is 4.90 Å². The van der Waals surface area contributed by atoms with Crippen molar-refractivity contribution in [1.82, 2.24) is 4.90 Å². The van der Waals surface area contributed by atoms with Crippen molar-refractivity contribution in [2.45, 2.75) is 30.8 Å². The number of amides is 1. The molecular formula is C20H22Cl2N2O4S. The third kappa shape index (κ3) is 5.42. The normalized spacial score (nSPS) is 15.3. The van der Waals surface area contributed by atoms with Gasteiger partial charge in [0, 0.05) is 36.0 Å². The molecule has 1 amide bonds. The second-order valence-electron chi connectivity index (χ2n) is 6.70. The quantitative estimate of drug-likeness (QED) is 0.696. The molecule has 1 saturated heterocycles. The Labute approximate surface area is 180 Å². The van der Waals surface area contributed by atoms with Gasteiger partial charge >= 0.3 is 0 Å². The first kappa shape index (κ1) is 21.9. The van der Waals surface area contributed by atoms with Gasteiger partial charge in [-0.2, -0.15) is 0 Å². The minimum absolute atomic E-state index is 0.0399. The number of piperidine rings is 1. The molecule has 2 aromatic rings. The van der Waals surface area contributed by atoms with Gasteiger partial charge in [-0.25, -0.2) is 8.42 Å². The van der Waals surface area contributed by atoms with Crippen LogP contribution in [-0.2, 0) is 14.8 Å². The van der Waals surface area contributed by atoms with Crippen molar-refractivity contribution in [1.29, 1.82) is 0 Å². The van der Waals surface area contributed by atoms with E-state index < -0.39 is 10.0 Å². The first-order valence-electron chi connectivity index (χ1n) is 9.29. The molecule has 3 rings (SSSR count). The molecule has 156 valence electrons. The van der Waals surface area contributed by atoms with Gasteiger partial charge in [-0.15, -0.1) is 0 Å². The number of sulfonamides is 1. The Morgan fingerprint density at radius 3 is 2.41 bits per heavy atom. The molecule has 2 aromatic carbocycles. The van der Waals surface area contributed by atoms with Crippen LogP contribution in [0.2, 0.25) is 10.0 Å². The highest BCUT2D eigenvalue weighted by Gasteiger charge is 2.26. The number of rotatable bonds is 6. The highest BCUT2D eigenvalue weighted by Crippen LogP contribution is 2.27. The summed E-state index contributed by atoms with van der Waals surface area (Å²) in [6, 6.07) is 10.5. The summed E-state index contributed by atoms with van der Waals surface area (Å²) in [5, 5.41) is 0.532. The zero-order valence-corrected chi connectivity index (χ0v) is 18.2. The van der Waals surface area contributed by atoms with Crippen LogP contribution in [0.3, 0.4) is 0 Å². The maximum absolute atomic E-state index is 12.9. The zero-order chi connectivity index (χ0) is 21.0. The van der Waals surface area contributed by atoms with E-state index in [0.717, 1.165) is 12.8 Å². The molecule has 1 heterocycles. The first-order chi connectivity index (χ1) is 13.8. The van der Waals surface area contributed by atoms with Gasteiger partial charge in [0.15, 0.2) is 0 Å². The van der Waals surface area contributed by atoms with E-state index in [2.05, 4.69) is 4.72 Å². The molecule has 0 spiro atoms. The van der Waals surface area contributed by atoms with Crippen LogP contribution in [-0.4, -0.2) is 45.0 Å². The Kier molecular flexibility index (Phi) is 7.05. The third-order valence-electron chi connectivity index (χ3n) is 4.70. The molecule has 1 N–H and O–H groups in total. The number of ether oxygens (including phenoxy) is 1. The van der Waals surface area contributed by atoms with Gasteiger partial charge in [-0.05, 0) is 62.2 Å². The molecule has 0 aliphatic carbocycles. The van der Waals surface area contributed by atoms with Crippen LogP contribution in [0.5, 0.6) is 0 Å². The van der Waals surface area contributed by atoms with Crippen LogP contribution in [0.1, 0.15) is 30.1 Å². The van der Waals surface area contributed by atoms with Gasteiger partial charge in [-0.1, -0.05) is 23.2 Å². The summed E-state index contributed by atoms with van der Waals surface area (Å²) in [6.07, 6.45) is 1.68. The van der Waals surface area contributed by atoms with Crippen LogP contribution in [0, 0.1) is 0 Å². The van der Waals surface area contributed by atoms with Gasteiger partial charge in [0.25, 0.3) is 15.9 Å². The number of hydrogen-bond acceptors (Lipinski definition) is 4. The highest BCUT2D eigenvalue weighted by atomic mass is 35.5. The Hall–Kier alpha value is -1.80. The van der Waals surface area contributed by atoms with Crippen LogP contribution in [0.4, 0.5) is 5.69 Å². The van der Waals surface area contributed by atoms with Crippen LogP contribution in [0.25, 0.3) is 0 Å². The van der Waals surface area contributed by atoms with E-state index in [1.165, 1.54) is 12.1 Å². The molecule has 0 bridgehead atoms. The highest BCUT2D eigenvalue weighted by molar-refractivity contribution is 7.92. The maximum Gasteiger partial charge on any atom is 0.263 e. The lowest BCUT2D eigenvalue weighted by Gasteiger charge is -2.32. The lowest BCUT2D eigenvalue weighted by Crippen LogP contribution is -2.41. The Bertz CT molecular complexity index is 972. The SMILES string of the molecule is CCOC1CCN(C(=O)c2ccc(Cl)c(S(=O)(=O)Nc3ccc(Cl)cc3)c2)CC1. The average Bonchev–Trinajstić information content (AvgIpc) is 2.70. The van der Waals surface area contributed by atoms with E-state index in [1.54, 1.807) is 35.2 Å². The largest absolute Gasteiger partial charge is 0.378 e. The monoisotopic (exact) mass is 456 g/mol. The Morgan fingerprint density at radius 2 is 1.79 bits per heavy atom. The molecule has 9 heteroatoms. The third-order valence-corrected chi connectivity index (χ3v) is 6.81. The van der Waals surface area contributed by atoms with E-state index in [4.69, 9.17) is 27.9 Å². The standard InChI is InChI=1S/C20H22Cl2N2O4S/c1-2-28-17-9-11-24(12-10-17)20(25)14-3-8-18(22)19(13-14)29(26,27)23-16-6-4-15(21)5-7-16/h3-8,13,17,23H,2,9-12H2,1H3. The van der Waals surface area contributed by atoms with Crippen LogP contribution >= 0.6 is 23.2 Å². The number of anilines is 1. The lowest BCUT2D eigenvalue weighted by molar-refractivity contribution is 0.0146. The van der Waals surface area contributed by atoms with Crippen molar-refractivity contribution in [2.75, 3.05) is 24.4 Å². The van der Waals surface area contributed by atoms with E-state index in [9.17, 15) is 13.2 Å². The maximum atomic E-state index is 12.9. The summed E-state index contributed by atoms with van der Waals surface area (Å²) in [7, 11) is -3.98. The van der Waals surface area contributed by atoms with Crippen LogP contribution in [0.15, 0.2) is 47.4 Å². The van der Waals surface area contributed by atoms with Crippen LogP contribution < -0.4 is 4.72 Å². The minimum Gasteiger partial charge on any atom is -0.378 e. The van der Waals surface area contributed by atoms with Crippen molar-refractivity contribution in [3.05, 3.63) is 58.1 Å². The fraction of sp³-hybridized carbons (Fsp3) is 0.350. The van der Waals surface area contributed by atoms with Gasteiger partial charge in [0.2, 0.25) is 0 Å². The summed E-state index contributed by atoms with van der Waals surface area (Å²) < 4.78 is 33.7. The molecular weight excluding hydrogens is 435 g/mol. The van der Waals surface area contributed by atoms with Gasteiger partial charge in [-0.3, -0.25) is 9.52 Å². The van der Waals surface area contributed by atoms with E-state index in [0.29, 0.717) is 30.4 Å². The summed E-state index contributed by atoms with van der Waals surface area (Å²) in [5.74, 6) is -0.223. The molecule has 0 aromatic heterocycles. The molecule has 0 saturated carbocycles. The molecule has 1 fully saturated rings. The van der Waals surface area contributed by atoms with E-state index >= 15 is 0 Å². The summed E-state index contributed by atoms with van der Waals surface area (Å²) in [5.41, 5.74) is 0.626. The molecule has 29 heavy (non-hydrogen) atoms. The minimum atomic E-state index is -3.98. The number of hydrogen-bond donors (Lipinski definition) is 1. The van der Waals surface area contributed by atoms with Crippen molar-refractivity contribution in [3.8, 4) is 0 Å². The summed E-state index contributed by atoms with van der Waals surface area (Å²) >= 11 is 12.0. The van der Waals surface area contributed by atoms with Crippen molar-refractivity contribution >= 4 is 44.8 Å². The number of benzene rings is 2. The molecule has 0 unspecified atom stereocenters. The fourth-order valence-corrected chi connectivity index (χ4v) is 4.93. The zero-order valence-electron chi connectivity index (χ0n) is 15.9. The predicted octanol–water partition coefficient (Wildman–Crippen LogP) is 4.44. The van der Waals surface area contributed by atoms with Gasteiger partial charge in [0.05, 0.1) is 11.1 Å². The summed E-state index contributed by atoms with van der Waals surface area (Å²) in [4.78, 5) is 14.4. The molecule has 1 aliphatic heterocycles. The van der Waals surface area contributed by atoms with E-state index in [1.807, 2.05) is 6.92 Å². The number of nitrogens with one attached hydrogen (secondary N) is 1. The topological polar surface area (TPSA) is 75.7 Å². The van der Waals surface area contributed by atoms with Crippen molar-refractivity contribution in [3.63, 3.8) is 0 Å². The number of likely N-dealkylation sites (tertiary alicyclic amines) is 1.